The average Bonchev–Trinajstić information content (AvgIpc) is 3.11. The van der Waals surface area contributed by atoms with Crippen molar-refractivity contribution in [2.75, 3.05) is 10.6 Å². The first kappa shape index (κ1) is 24.8. The van der Waals surface area contributed by atoms with Gasteiger partial charge in [-0.25, -0.2) is 9.59 Å². The lowest BCUT2D eigenvalue weighted by Crippen LogP contribution is -2.45. The molecule has 0 bridgehead atoms. The van der Waals surface area contributed by atoms with Gasteiger partial charge in [0.25, 0.3) is 5.91 Å². The minimum absolute atomic E-state index is 0.215. The Morgan fingerprint density at radius 3 is 2.30 bits per heavy atom. The van der Waals surface area contributed by atoms with Crippen LogP contribution >= 0.6 is 11.3 Å². The van der Waals surface area contributed by atoms with Crippen molar-refractivity contribution in [1.29, 1.82) is 0 Å². The maximum Gasteiger partial charge on any atom is 0.326 e. The van der Waals surface area contributed by atoms with E-state index in [1.165, 1.54) is 11.3 Å². The van der Waals surface area contributed by atoms with E-state index in [9.17, 15) is 19.5 Å². The van der Waals surface area contributed by atoms with Crippen LogP contribution in [0.1, 0.15) is 70.6 Å². The Balaban J connectivity index is 1.88. The van der Waals surface area contributed by atoms with Crippen molar-refractivity contribution in [3.8, 4) is 0 Å². The fourth-order valence-corrected chi connectivity index (χ4v) is 5.70. The number of aryl methyl sites for hydroxylation is 4. The average molecular weight is 472 g/mol. The summed E-state index contributed by atoms with van der Waals surface area (Å²) in [6.45, 7) is 9.60. The van der Waals surface area contributed by atoms with Crippen LogP contribution in [0.25, 0.3) is 0 Å². The number of nitrogens with one attached hydrogen (secondary N) is 3. The summed E-state index contributed by atoms with van der Waals surface area (Å²) in [6, 6.07) is 2.61. The fraction of sp³-hybridized carbons (Fsp3) is 0.480. The minimum Gasteiger partial charge on any atom is -0.480 e. The second kappa shape index (κ2) is 10.4. The molecule has 0 spiro atoms. The SMILES string of the molecule is CC[C@H](C)[C@H](NC(=O)c1c(NC(=O)Nc2c(C)cc(C)cc2C)sc2c1CCCC2)C(=O)O. The number of aliphatic carboxylic acids is 1. The molecule has 0 unspecified atom stereocenters. The number of thiophene rings is 1. The number of carbonyl (C=O) groups is 3. The molecule has 33 heavy (non-hydrogen) atoms. The van der Waals surface area contributed by atoms with Crippen LogP contribution in [-0.2, 0) is 17.6 Å². The van der Waals surface area contributed by atoms with Crippen molar-refractivity contribution in [1.82, 2.24) is 5.32 Å². The lowest BCUT2D eigenvalue weighted by molar-refractivity contribution is -0.140. The van der Waals surface area contributed by atoms with Gasteiger partial charge >= 0.3 is 12.0 Å². The lowest BCUT2D eigenvalue weighted by atomic mass is 9.94. The smallest absolute Gasteiger partial charge is 0.326 e. The van der Waals surface area contributed by atoms with Crippen LogP contribution in [0.3, 0.4) is 0 Å². The molecule has 1 aliphatic rings. The molecule has 0 fully saturated rings. The van der Waals surface area contributed by atoms with Crippen LogP contribution in [-0.4, -0.2) is 29.1 Å². The number of amides is 3. The number of carboxylic acid groups (broad SMARTS) is 1. The fourth-order valence-electron chi connectivity index (χ4n) is 4.42. The molecule has 1 aliphatic carbocycles. The van der Waals surface area contributed by atoms with Gasteiger partial charge in [-0.05, 0) is 69.1 Å². The summed E-state index contributed by atoms with van der Waals surface area (Å²) in [4.78, 5) is 39.0. The summed E-state index contributed by atoms with van der Waals surface area (Å²) in [7, 11) is 0. The number of carbonyl (C=O) groups excluding carboxylic acids is 2. The van der Waals surface area contributed by atoms with Crippen molar-refractivity contribution in [3.05, 3.63) is 44.8 Å². The number of fused-ring (bicyclic) bond motifs is 1. The van der Waals surface area contributed by atoms with Gasteiger partial charge in [-0.1, -0.05) is 38.0 Å². The monoisotopic (exact) mass is 471 g/mol. The van der Waals surface area contributed by atoms with E-state index in [2.05, 4.69) is 16.0 Å². The number of carboxylic acids is 1. The van der Waals surface area contributed by atoms with E-state index in [4.69, 9.17) is 0 Å². The van der Waals surface area contributed by atoms with E-state index in [1.807, 2.05) is 39.8 Å². The highest BCUT2D eigenvalue weighted by Crippen LogP contribution is 2.38. The van der Waals surface area contributed by atoms with E-state index in [0.29, 0.717) is 17.0 Å². The molecule has 2 aromatic rings. The molecule has 1 aromatic carbocycles. The van der Waals surface area contributed by atoms with Crippen molar-refractivity contribution in [3.63, 3.8) is 0 Å². The summed E-state index contributed by atoms with van der Waals surface area (Å²) in [6.07, 6.45) is 4.22. The molecule has 3 rings (SSSR count). The van der Waals surface area contributed by atoms with Crippen LogP contribution in [0.15, 0.2) is 12.1 Å². The van der Waals surface area contributed by atoms with E-state index < -0.39 is 23.9 Å². The molecule has 7 nitrogen and oxygen atoms in total. The molecular weight excluding hydrogens is 438 g/mol. The summed E-state index contributed by atoms with van der Waals surface area (Å²) < 4.78 is 0. The summed E-state index contributed by atoms with van der Waals surface area (Å²) in [5.41, 5.74) is 5.11. The number of rotatable bonds is 7. The number of hydrogen-bond acceptors (Lipinski definition) is 4. The van der Waals surface area contributed by atoms with Gasteiger partial charge in [-0.15, -0.1) is 11.3 Å². The van der Waals surface area contributed by atoms with Crippen molar-refractivity contribution >= 4 is 39.9 Å². The van der Waals surface area contributed by atoms with E-state index in [1.54, 1.807) is 6.92 Å². The van der Waals surface area contributed by atoms with Crippen LogP contribution in [0, 0.1) is 26.7 Å². The molecule has 1 heterocycles. The topological polar surface area (TPSA) is 108 Å². The Morgan fingerprint density at radius 1 is 1.06 bits per heavy atom. The largest absolute Gasteiger partial charge is 0.480 e. The maximum atomic E-state index is 13.3. The number of benzene rings is 1. The normalized spacial score (nSPS) is 14.7. The van der Waals surface area contributed by atoms with Crippen LogP contribution < -0.4 is 16.0 Å². The highest BCUT2D eigenvalue weighted by molar-refractivity contribution is 7.17. The zero-order valence-electron chi connectivity index (χ0n) is 19.9. The quantitative estimate of drug-likeness (QED) is 0.432. The molecule has 0 saturated heterocycles. The molecule has 4 N–H and O–H groups in total. The molecule has 1 aromatic heterocycles. The number of anilines is 2. The van der Waals surface area contributed by atoms with Gasteiger partial charge < -0.3 is 15.7 Å². The predicted octanol–water partition coefficient (Wildman–Crippen LogP) is 5.43. The van der Waals surface area contributed by atoms with Gasteiger partial charge in [-0.2, -0.15) is 0 Å². The second-order valence-corrected chi connectivity index (χ2v) is 10.0. The van der Waals surface area contributed by atoms with Gasteiger partial charge in [0, 0.05) is 10.6 Å². The second-order valence-electron chi connectivity index (χ2n) is 8.94. The zero-order valence-corrected chi connectivity index (χ0v) is 20.7. The molecule has 3 amide bonds. The van der Waals surface area contributed by atoms with Gasteiger partial charge in [0.2, 0.25) is 0 Å². The van der Waals surface area contributed by atoms with Crippen LogP contribution in [0.4, 0.5) is 15.5 Å². The van der Waals surface area contributed by atoms with Crippen molar-refractivity contribution < 1.29 is 19.5 Å². The molecule has 178 valence electrons. The molecule has 0 aliphatic heterocycles. The summed E-state index contributed by atoms with van der Waals surface area (Å²) in [5, 5.41) is 18.6. The summed E-state index contributed by atoms with van der Waals surface area (Å²) >= 11 is 1.41. The molecule has 0 saturated carbocycles. The third-order valence-electron chi connectivity index (χ3n) is 6.31. The Bertz CT molecular complexity index is 1050. The molecular formula is C25H33N3O4S. The molecule has 0 radical (unpaired) electrons. The van der Waals surface area contributed by atoms with Crippen LogP contribution in [0.5, 0.6) is 0 Å². The highest BCUT2D eigenvalue weighted by atomic mass is 32.1. The van der Waals surface area contributed by atoms with Gasteiger partial charge in [0.15, 0.2) is 0 Å². The third kappa shape index (κ3) is 5.55. The van der Waals surface area contributed by atoms with Gasteiger partial charge in [-0.3, -0.25) is 10.1 Å². The first-order chi connectivity index (χ1) is 15.6. The third-order valence-corrected chi connectivity index (χ3v) is 7.51. The van der Waals surface area contributed by atoms with Crippen molar-refractivity contribution in [2.45, 2.75) is 72.8 Å². The molecule has 8 heteroatoms. The van der Waals surface area contributed by atoms with Crippen LogP contribution in [0.2, 0.25) is 0 Å². The lowest BCUT2D eigenvalue weighted by Gasteiger charge is -2.21. The Hall–Kier alpha value is -2.87. The predicted molar refractivity (Wildman–Crippen MR) is 133 cm³/mol. The Kier molecular flexibility index (Phi) is 7.79. The number of hydrogen-bond donors (Lipinski definition) is 4. The number of urea groups is 1. The van der Waals surface area contributed by atoms with E-state index in [0.717, 1.165) is 58.5 Å². The zero-order chi connectivity index (χ0) is 24.3. The maximum absolute atomic E-state index is 13.3. The van der Waals surface area contributed by atoms with Crippen molar-refractivity contribution in [2.24, 2.45) is 5.92 Å². The Labute approximate surface area is 199 Å². The van der Waals surface area contributed by atoms with Gasteiger partial charge in [0.05, 0.1) is 5.56 Å². The van der Waals surface area contributed by atoms with Gasteiger partial charge in [0.1, 0.15) is 11.0 Å². The first-order valence-electron chi connectivity index (χ1n) is 11.5. The van der Waals surface area contributed by atoms with E-state index >= 15 is 0 Å². The van der Waals surface area contributed by atoms with E-state index in [-0.39, 0.29) is 5.92 Å². The first-order valence-corrected chi connectivity index (χ1v) is 12.3. The standard InChI is InChI=1S/C25H33N3O4S/c1-6-14(3)21(24(30)31)26-22(29)19-17-9-7-8-10-18(17)33-23(19)28-25(32)27-20-15(4)11-13(2)12-16(20)5/h11-12,14,21H,6-10H2,1-5H3,(H,26,29)(H,30,31)(H2,27,28,32)/t14-,21-/m0/s1. The Morgan fingerprint density at radius 2 is 1.70 bits per heavy atom. The minimum atomic E-state index is -1.06. The molecule has 2 atom stereocenters. The summed E-state index contributed by atoms with van der Waals surface area (Å²) in [5.74, 6) is -1.72. The highest BCUT2D eigenvalue weighted by Gasteiger charge is 2.31.